The number of carbonyl (C=O) groups is 3. The van der Waals surface area contributed by atoms with Crippen molar-refractivity contribution in [3.05, 3.63) is 47.8 Å². The first-order valence-corrected chi connectivity index (χ1v) is 15.8. The summed E-state index contributed by atoms with van der Waals surface area (Å²) in [6.07, 6.45) is 0.759. The fourth-order valence-electron chi connectivity index (χ4n) is 5.76. The first-order chi connectivity index (χ1) is 21.5. The molecule has 0 saturated heterocycles. The quantitative estimate of drug-likeness (QED) is 0.304. The number of aliphatic carboxylic acids is 1. The SMILES string of the molecule is COc1cc(F)c(OC2CCC(C)(C(=O)O)CC2)cc1C(=O)N[C@H]1[C@@H](C(=O)Nc2cccc(S(=O)(=O)C(F)(F)F)c2)CC[C@H]1OC. The molecule has 4 rings (SSSR count). The first-order valence-electron chi connectivity index (χ1n) is 14.3. The standard InChI is InChI=1S/C30H34F4N2O9S/c1-29(28(39)40)11-9-17(10-12-29)45-24-14-20(23(44-3)15-21(24)31)27(38)36-25-19(7-8-22(25)43-2)26(37)35-16-5-4-6-18(13-16)46(41,42)30(32,33)34/h4-6,13-15,17,19,22,25H,7-12H2,1-3H3,(H,35,37)(H,36,38)(H,39,40)/t17?,19-,22+,25-,29?/m0/s1. The third-order valence-corrected chi connectivity index (χ3v) is 10.1. The van der Waals surface area contributed by atoms with Crippen LogP contribution < -0.4 is 20.1 Å². The second-order valence-electron chi connectivity index (χ2n) is 11.6. The molecule has 3 atom stereocenters. The van der Waals surface area contributed by atoms with Crippen molar-refractivity contribution in [2.45, 2.75) is 74.1 Å². The second kappa shape index (κ2) is 13.4. The number of benzene rings is 2. The molecule has 0 heterocycles. The third kappa shape index (κ3) is 7.22. The van der Waals surface area contributed by atoms with Gasteiger partial charge in [0.05, 0.1) is 47.2 Å². The Morgan fingerprint density at radius 2 is 1.67 bits per heavy atom. The number of hydrogen-bond donors (Lipinski definition) is 3. The summed E-state index contributed by atoms with van der Waals surface area (Å²) in [7, 11) is -3.05. The van der Waals surface area contributed by atoms with Crippen molar-refractivity contribution in [3.8, 4) is 11.5 Å². The fourth-order valence-corrected chi connectivity index (χ4v) is 6.57. The molecule has 2 amide bonds. The van der Waals surface area contributed by atoms with Gasteiger partial charge in [-0.2, -0.15) is 13.2 Å². The van der Waals surface area contributed by atoms with Crippen LogP contribution >= 0.6 is 0 Å². The van der Waals surface area contributed by atoms with Gasteiger partial charge in [0.15, 0.2) is 11.6 Å². The zero-order valence-corrected chi connectivity index (χ0v) is 26.0. The van der Waals surface area contributed by atoms with Crippen molar-refractivity contribution in [3.63, 3.8) is 0 Å². The van der Waals surface area contributed by atoms with Gasteiger partial charge in [-0.05, 0) is 69.7 Å². The maximum atomic E-state index is 15.0. The molecule has 2 fully saturated rings. The van der Waals surface area contributed by atoms with E-state index < -0.39 is 73.4 Å². The average Bonchev–Trinajstić information content (AvgIpc) is 3.41. The predicted octanol–water partition coefficient (Wildman–Crippen LogP) is 4.70. The van der Waals surface area contributed by atoms with Gasteiger partial charge in [-0.15, -0.1) is 0 Å². The number of carbonyl (C=O) groups excluding carboxylic acids is 2. The Hall–Kier alpha value is -3.92. The second-order valence-corrected chi connectivity index (χ2v) is 13.5. The lowest BCUT2D eigenvalue weighted by molar-refractivity contribution is -0.150. The normalized spacial score (nSPS) is 25.0. The van der Waals surface area contributed by atoms with E-state index in [0.717, 1.165) is 24.3 Å². The first kappa shape index (κ1) is 34.9. The van der Waals surface area contributed by atoms with Gasteiger partial charge < -0.3 is 30.0 Å². The minimum absolute atomic E-state index is 0.115. The Morgan fingerprint density at radius 1 is 1.00 bits per heavy atom. The van der Waals surface area contributed by atoms with E-state index in [1.54, 1.807) is 6.92 Å². The molecule has 0 aliphatic heterocycles. The molecule has 0 spiro atoms. The van der Waals surface area contributed by atoms with Gasteiger partial charge in [-0.1, -0.05) is 6.07 Å². The molecule has 2 aliphatic carbocycles. The van der Waals surface area contributed by atoms with Crippen LogP contribution in [-0.4, -0.2) is 69.3 Å². The van der Waals surface area contributed by atoms with Crippen LogP contribution in [0, 0.1) is 17.2 Å². The van der Waals surface area contributed by atoms with Crippen molar-refractivity contribution in [1.82, 2.24) is 5.32 Å². The molecule has 0 radical (unpaired) electrons. The van der Waals surface area contributed by atoms with Gasteiger partial charge in [-0.3, -0.25) is 14.4 Å². The molecule has 3 N–H and O–H groups in total. The summed E-state index contributed by atoms with van der Waals surface area (Å²) in [5.41, 5.74) is -6.76. The van der Waals surface area contributed by atoms with Gasteiger partial charge in [-0.25, -0.2) is 12.8 Å². The zero-order chi connectivity index (χ0) is 34.0. The van der Waals surface area contributed by atoms with E-state index in [4.69, 9.17) is 14.2 Å². The molecule has 2 aromatic rings. The lowest BCUT2D eigenvalue weighted by Crippen LogP contribution is -2.48. The third-order valence-electron chi connectivity index (χ3n) is 8.59. The number of halogens is 4. The highest BCUT2D eigenvalue weighted by Gasteiger charge is 2.47. The van der Waals surface area contributed by atoms with Gasteiger partial charge >= 0.3 is 11.5 Å². The van der Waals surface area contributed by atoms with E-state index in [-0.39, 0.29) is 29.2 Å². The Morgan fingerprint density at radius 3 is 2.26 bits per heavy atom. The van der Waals surface area contributed by atoms with Crippen molar-refractivity contribution < 1.29 is 59.7 Å². The number of carboxylic acid groups (broad SMARTS) is 1. The topological polar surface area (TPSA) is 157 Å². The van der Waals surface area contributed by atoms with Crippen LogP contribution in [0.5, 0.6) is 11.5 Å². The summed E-state index contributed by atoms with van der Waals surface area (Å²) in [5.74, 6) is -4.49. The number of hydrogen-bond acceptors (Lipinski definition) is 8. The number of methoxy groups -OCH3 is 2. The van der Waals surface area contributed by atoms with Crippen LogP contribution in [0.25, 0.3) is 0 Å². The number of amides is 2. The zero-order valence-electron chi connectivity index (χ0n) is 25.1. The number of anilines is 1. The minimum atomic E-state index is -5.66. The van der Waals surface area contributed by atoms with Crippen molar-refractivity contribution in [1.29, 1.82) is 0 Å². The summed E-state index contributed by atoms with van der Waals surface area (Å²) in [6, 6.07) is 4.92. The number of nitrogens with one attached hydrogen (secondary N) is 2. The minimum Gasteiger partial charge on any atom is -0.496 e. The monoisotopic (exact) mass is 674 g/mol. The van der Waals surface area contributed by atoms with Gasteiger partial charge in [0.25, 0.3) is 15.7 Å². The summed E-state index contributed by atoms with van der Waals surface area (Å²) < 4.78 is 94.3. The van der Waals surface area contributed by atoms with Crippen LogP contribution in [0.2, 0.25) is 0 Å². The van der Waals surface area contributed by atoms with E-state index in [9.17, 15) is 45.5 Å². The highest BCUT2D eigenvalue weighted by molar-refractivity contribution is 7.92. The van der Waals surface area contributed by atoms with Gasteiger partial charge in [0, 0.05) is 18.9 Å². The highest BCUT2D eigenvalue weighted by atomic mass is 32.2. The summed E-state index contributed by atoms with van der Waals surface area (Å²) >= 11 is 0. The van der Waals surface area contributed by atoms with E-state index in [0.29, 0.717) is 38.2 Å². The fraction of sp³-hybridized carbons (Fsp3) is 0.500. The van der Waals surface area contributed by atoms with Crippen LogP contribution in [0.3, 0.4) is 0 Å². The number of ether oxygens (including phenoxy) is 3. The molecule has 2 saturated carbocycles. The Labute approximate surface area is 262 Å². The van der Waals surface area contributed by atoms with Crippen molar-refractivity contribution in [2.24, 2.45) is 11.3 Å². The molecule has 252 valence electrons. The highest BCUT2D eigenvalue weighted by Crippen LogP contribution is 2.39. The van der Waals surface area contributed by atoms with Crippen LogP contribution in [0.1, 0.15) is 55.8 Å². The number of alkyl halides is 3. The molecule has 2 aromatic carbocycles. The van der Waals surface area contributed by atoms with Crippen LogP contribution in [0.15, 0.2) is 41.3 Å². The maximum absolute atomic E-state index is 15.0. The molecule has 2 aliphatic rings. The summed E-state index contributed by atoms with van der Waals surface area (Å²) in [4.78, 5) is 37.3. The summed E-state index contributed by atoms with van der Waals surface area (Å²) in [6.45, 7) is 1.64. The molecule has 16 heteroatoms. The lowest BCUT2D eigenvalue weighted by atomic mass is 9.75. The van der Waals surface area contributed by atoms with Crippen LogP contribution in [0.4, 0.5) is 23.2 Å². The molecule has 11 nitrogen and oxygen atoms in total. The molecular weight excluding hydrogens is 640 g/mol. The molecule has 46 heavy (non-hydrogen) atoms. The molecular formula is C30H34F4N2O9S. The van der Waals surface area contributed by atoms with Crippen molar-refractivity contribution in [2.75, 3.05) is 19.5 Å². The largest absolute Gasteiger partial charge is 0.501 e. The summed E-state index contributed by atoms with van der Waals surface area (Å²) in [5, 5.41) is 14.6. The predicted molar refractivity (Wildman–Crippen MR) is 155 cm³/mol. The van der Waals surface area contributed by atoms with E-state index in [1.807, 2.05) is 0 Å². The Bertz CT molecular complexity index is 1590. The lowest BCUT2D eigenvalue weighted by Gasteiger charge is -2.34. The number of rotatable bonds is 10. The Balaban J connectivity index is 1.52. The average molecular weight is 675 g/mol. The molecule has 0 aromatic heterocycles. The van der Waals surface area contributed by atoms with Gasteiger partial charge in [0.1, 0.15) is 5.75 Å². The van der Waals surface area contributed by atoms with Crippen LogP contribution in [-0.2, 0) is 24.2 Å². The van der Waals surface area contributed by atoms with E-state index in [1.165, 1.54) is 20.3 Å². The maximum Gasteiger partial charge on any atom is 0.501 e. The van der Waals surface area contributed by atoms with Crippen molar-refractivity contribution >= 4 is 33.3 Å². The van der Waals surface area contributed by atoms with E-state index >= 15 is 0 Å². The van der Waals surface area contributed by atoms with E-state index in [2.05, 4.69) is 10.6 Å². The Kier molecular flexibility index (Phi) is 10.2. The molecule has 0 bridgehead atoms. The number of carboxylic acids is 1. The van der Waals surface area contributed by atoms with Gasteiger partial charge in [0.2, 0.25) is 5.91 Å². The molecule has 0 unspecified atom stereocenters. The number of sulfone groups is 1. The smallest absolute Gasteiger partial charge is 0.496 e.